The summed E-state index contributed by atoms with van der Waals surface area (Å²) in [5.41, 5.74) is 0. The lowest BCUT2D eigenvalue weighted by Crippen LogP contribution is -1.92. The first-order valence-corrected chi connectivity index (χ1v) is 4.12. The molecule has 0 heteroatoms. The van der Waals surface area contributed by atoms with Crippen LogP contribution >= 0.6 is 0 Å². The molecule has 1 saturated carbocycles. The molecule has 0 heterocycles. The molecule has 1 fully saturated rings. The molecule has 0 aromatic rings. The van der Waals surface area contributed by atoms with Crippen LogP contribution in [0.4, 0.5) is 0 Å². The fourth-order valence-electron chi connectivity index (χ4n) is 1.56. The van der Waals surface area contributed by atoms with Crippen LogP contribution in [0.1, 0.15) is 39.0 Å². The van der Waals surface area contributed by atoms with Crippen molar-refractivity contribution in [1.82, 2.24) is 0 Å². The molecule has 0 spiro atoms. The highest BCUT2D eigenvalue weighted by molar-refractivity contribution is 4.68. The Balaban J connectivity index is 2.25. The van der Waals surface area contributed by atoms with E-state index in [0.717, 1.165) is 11.8 Å². The second-order valence-corrected chi connectivity index (χ2v) is 3.48. The fourth-order valence-corrected chi connectivity index (χ4v) is 1.56. The Morgan fingerprint density at radius 2 is 1.89 bits per heavy atom. The first-order valence-electron chi connectivity index (χ1n) is 4.12. The molecule has 0 N–H and O–H groups in total. The molecule has 0 bridgehead atoms. The molecule has 1 aliphatic rings. The van der Waals surface area contributed by atoms with Crippen LogP contribution in [-0.2, 0) is 0 Å². The lowest BCUT2D eigenvalue weighted by Gasteiger charge is -2.12. The summed E-state index contributed by atoms with van der Waals surface area (Å²) in [5, 5.41) is 0. The van der Waals surface area contributed by atoms with Gasteiger partial charge in [-0.05, 0) is 5.92 Å². The Labute approximate surface area is 58.7 Å². The van der Waals surface area contributed by atoms with Crippen molar-refractivity contribution in [2.75, 3.05) is 0 Å². The minimum absolute atomic E-state index is 0.759. The average molecular weight is 125 g/mol. The van der Waals surface area contributed by atoms with Crippen molar-refractivity contribution in [1.29, 1.82) is 0 Å². The van der Waals surface area contributed by atoms with Crippen LogP contribution in [0.5, 0.6) is 0 Å². The van der Waals surface area contributed by atoms with Crippen molar-refractivity contribution in [3.63, 3.8) is 0 Å². The molecule has 2 atom stereocenters. The van der Waals surface area contributed by atoms with E-state index in [0.29, 0.717) is 0 Å². The molecule has 0 aliphatic heterocycles. The Kier molecular flexibility index (Phi) is 2.56. The van der Waals surface area contributed by atoms with E-state index < -0.39 is 0 Å². The van der Waals surface area contributed by atoms with Crippen molar-refractivity contribution in [3.05, 3.63) is 6.92 Å². The summed E-state index contributed by atoms with van der Waals surface area (Å²) in [5.74, 6) is 1.73. The highest BCUT2D eigenvalue weighted by Crippen LogP contribution is 2.25. The van der Waals surface area contributed by atoms with Gasteiger partial charge in [-0.2, -0.15) is 5.92 Å². The van der Waals surface area contributed by atoms with Crippen LogP contribution < -0.4 is 0 Å². The van der Waals surface area contributed by atoms with Crippen molar-refractivity contribution in [2.24, 2.45) is 11.8 Å². The van der Waals surface area contributed by atoms with Gasteiger partial charge in [0.1, 0.15) is 0 Å². The van der Waals surface area contributed by atoms with Crippen LogP contribution in [0.3, 0.4) is 0 Å². The van der Waals surface area contributed by atoms with E-state index in [1.807, 2.05) is 0 Å². The average Bonchev–Trinajstić information content (AvgIpc) is 1.97. The summed E-state index contributed by atoms with van der Waals surface area (Å²) < 4.78 is 0. The molecule has 0 nitrogen and oxygen atoms in total. The summed E-state index contributed by atoms with van der Waals surface area (Å²) in [6.07, 6.45) is 6.99. The van der Waals surface area contributed by atoms with E-state index in [1.165, 1.54) is 32.1 Å². The van der Waals surface area contributed by atoms with Gasteiger partial charge in [-0.1, -0.05) is 39.0 Å². The van der Waals surface area contributed by atoms with E-state index in [-0.39, 0.29) is 0 Å². The zero-order valence-corrected chi connectivity index (χ0v) is 6.40. The van der Waals surface area contributed by atoms with Gasteiger partial charge < -0.3 is 6.92 Å². The van der Waals surface area contributed by atoms with Crippen molar-refractivity contribution >= 4 is 0 Å². The van der Waals surface area contributed by atoms with Crippen molar-refractivity contribution < 1.29 is 0 Å². The molecular weight excluding hydrogens is 108 g/mol. The maximum atomic E-state index is 4.09. The maximum absolute atomic E-state index is 4.09. The first-order chi connectivity index (χ1) is 4.29. The second-order valence-electron chi connectivity index (χ2n) is 3.48. The highest BCUT2D eigenvalue weighted by atomic mass is 14.2. The van der Waals surface area contributed by atoms with E-state index in [2.05, 4.69) is 13.8 Å². The highest BCUT2D eigenvalue weighted by Gasteiger charge is 2.07. The standard InChI is InChI=1S/C9H17/c1-8-4-3-5-9(2)7-6-8/h8-9H,1,3-7H2,2H3/q-1. The summed E-state index contributed by atoms with van der Waals surface area (Å²) in [6, 6.07) is 0. The Hall–Kier alpha value is 0. The van der Waals surface area contributed by atoms with Gasteiger partial charge in [0.25, 0.3) is 0 Å². The van der Waals surface area contributed by atoms with Gasteiger partial charge in [0.15, 0.2) is 0 Å². The summed E-state index contributed by atoms with van der Waals surface area (Å²) in [7, 11) is 0. The zero-order chi connectivity index (χ0) is 6.69. The Morgan fingerprint density at radius 1 is 1.11 bits per heavy atom. The van der Waals surface area contributed by atoms with Crippen LogP contribution in [0.2, 0.25) is 0 Å². The lowest BCUT2D eigenvalue weighted by molar-refractivity contribution is 0.493. The monoisotopic (exact) mass is 125 g/mol. The topological polar surface area (TPSA) is 0 Å². The minimum Gasteiger partial charge on any atom is -0.340 e. The third kappa shape index (κ3) is 2.38. The molecule has 0 radical (unpaired) electrons. The van der Waals surface area contributed by atoms with E-state index in [1.54, 1.807) is 0 Å². The lowest BCUT2D eigenvalue weighted by atomic mass is 10.0. The van der Waals surface area contributed by atoms with Gasteiger partial charge in [0.05, 0.1) is 0 Å². The second kappa shape index (κ2) is 3.24. The summed E-state index contributed by atoms with van der Waals surface area (Å²) in [6.45, 7) is 6.45. The van der Waals surface area contributed by atoms with E-state index in [4.69, 9.17) is 0 Å². The number of hydrogen-bond acceptors (Lipinski definition) is 0. The van der Waals surface area contributed by atoms with Crippen LogP contribution in [0, 0.1) is 18.8 Å². The van der Waals surface area contributed by atoms with E-state index in [9.17, 15) is 0 Å². The van der Waals surface area contributed by atoms with Gasteiger partial charge in [0, 0.05) is 0 Å². The first kappa shape index (κ1) is 7.11. The van der Waals surface area contributed by atoms with Crippen molar-refractivity contribution in [3.8, 4) is 0 Å². The summed E-state index contributed by atoms with van der Waals surface area (Å²) >= 11 is 0. The molecule has 0 aromatic heterocycles. The fraction of sp³-hybridized carbons (Fsp3) is 0.889. The third-order valence-electron chi connectivity index (χ3n) is 2.38. The Bertz CT molecular complexity index is 66.1. The van der Waals surface area contributed by atoms with Crippen LogP contribution in [-0.4, -0.2) is 0 Å². The zero-order valence-electron chi connectivity index (χ0n) is 6.40. The quantitative estimate of drug-likeness (QED) is 0.345. The van der Waals surface area contributed by atoms with Gasteiger partial charge in [-0.25, -0.2) is 0 Å². The molecule has 1 rings (SSSR count). The van der Waals surface area contributed by atoms with Crippen molar-refractivity contribution in [2.45, 2.75) is 39.0 Å². The van der Waals surface area contributed by atoms with Gasteiger partial charge >= 0.3 is 0 Å². The number of hydrogen-bond donors (Lipinski definition) is 0. The van der Waals surface area contributed by atoms with Gasteiger partial charge in [-0.15, -0.1) is 0 Å². The SMILES string of the molecule is [CH2-]C1CCCC(C)CC1. The molecule has 2 unspecified atom stereocenters. The van der Waals surface area contributed by atoms with E-state index >= 15 is 0 Å². The van der Waals surface area contributed by atoms with Gasteiger partial charge in [-0.3, -0.25) is 0 Å². The van der Waals surface area contributed by atoms with Gasteiger partial charge in [0.2, 0.25) is 0 Å². The van der Waals surface area contributed by atoms with Crippen LogP contribution in [0.15, 0.2) is 0 Å². The smallest absolute Gasteiger partial charge is 0.0444 e. The predicted octanol–water partition coefficient (Wildman–Crippen LogP) is 3.04. The normalized spacial score (nSPS) is 38.0. The largest absolute Gasteiger partial charge is 0.340 e. The minimum atomic E-state index is 0.759. The molecule has 9 heavy (non-hydrogen) atoms. The molecule has 0 saturated heterocycles. The molecule has 0 aromatic carbocycles. The maximum Gasteiger partial charge on any atom is -0.0444 e. The van der Waals surface area contributed by atoms with Crippen LogP contribution in [0.25, 0.3) is 0 Å². The molecular formula is C9H17-. The summed E-state index contributed by atoms with van der Waals surface area (Å²) in [4.78, 5) is 0. The number of rotatable bonds is 0. The third-order valence-corrected chi connectivity index (χ3v) is 2.38. The molecule has 1 aliphatic carbocycles. The molecule has 54 valence electrons. The molecule has 0 amide bonds. The Morgan fingerprint density at radius 3 is 2.67 bits per heavy atom. The predicted molar refractivity (Wildman–Crippen MR) is 41.1 cm³/mol.